The third-order valence-corrected chi connectivity index (χ3v) is 5.55. The van der Waals surface area contributed by atoms with Crippen molar-refractivity contribution < 1.29 is 14.7 Å². The number of aromatic nitrogens is 2. The summed E-state index contributed by atoms with van der Waals surface area (Å²) >= 11 is 0. The molecule has 4 rings (SSSR count). The summed E-state index contributed by atoms with van der Waals surface area (Å²) in [5.41, 5.74) is 1.72. The second kappa shape index (κ2) is 7.67. The van der Waals surface area contributed by atoms with Gasteiger partial charge in [-0.1, -0.05) is 12.1 Å². The number of carboxylic acid groups (broad SMARTS) is 1. The number of Topliss-reactive ketones (excluding diaryl/α,β-unsaturated/α-hetero) is 1. The van der Waals surface area contributed by atoms with E-state index in [-0.39, 0.29) is 18.6 Å². The molecule has 2 aromatic heterocycles. The standard InChI is InChI=1S/C23H22N4O3/c1-23(2)19(12-20(23)28)27-18(22(29)30)11-14-3-5-16(6-4-14)26-21-17-8-9-24-13-15(17)7-10-25-21/h3-10,13,18H,11-12H2,1-2H3,(H,25,26)(H,29,30)/t18-/m0/s1. The zero-order chi connectivity index (χ0) is 21.3. The lowest BCUT2D eigenvalue weighted by atomic mass is 9.68. The van der Waals surface area contributed by atoms with Gasteiger partial charge in [0.25, 0.3) is 0 Å². The van der Waals surface area contributed by atoms with Gasteiger partial charge in [0.2, 0.25) is 0 Å². The summed E-state index contributed by atoms with van der Waals surface area (Å²) in [6.07, 6.45) is 5.75. The van der Waals surface area contributed by atoms with Crippen LogP contribution in [-0.4, -0.2) is 38.6 Å². The van der Waals surface area contributed by atoms with Crippen LogP contribution in [0.15, 0.2) is 60.0 Å². The third-order valence-electron chi connectivity index (χ3n) is 5.55. The smallest absolute Gasteiger partial charge is 0.328 e. The van der Waals surface area contributed by atoms with Gasteiger partial charge in [-0.25, -0.2) is 9.78 Å². The number of carbonyl (C=O) groups excluding carboxylic acids is 1. The molecule has 7 heteroatoms. The van der Waals surface area contributed by atoms with E-state index in [1.54, 1.807) is 32.4 Å². The van der Waals surface area contributed by atoms with Crippen LogP contribution in [-0.2, 0) is 16.0 Å². The SMILES string of the molecule is CC1(C)C(=O)CC1=N[C@@H](Cc1ccc(Nc2nccc3cnccc23)cc1)C(=O)O. The Hall–Kier alpha value is -3.61. The Morgan fingerprint density at radius 2 is 1.97 bits per heavy atom. The topological polar surface area (TPSA) is 105 Å². The fraction of sp³-hybridized carbons (Fsp3) is 0.261. The van der Waals surface area contributed by atoms with Gasteiger partial charge in [0, 0.05) is 53.6 Å². The number of benzene rings is 1. The van der Waals surface area contributed by atoms with Gasteiger partial charge in [-0.3, -0.25) is 14.8 Å². The Balaban J connectivity index is 1.49. The minimum absolute atomic E-state index is 0.0960. The molecule has 1 aliphatic rings. The average Bonchev–Trinajstić information content (AvgIpc) is 2.74. The first-order chi connectivity index (χ1) is 14.3. The molecule has 1 fully saturated rings. The quantitative estimate of drug-likeness (QED) is 0.650. The maximum absolute atomic E-state index is 11.7. The lowest BCUT2D eigenvalue weighted by Gasteiger charge is -2.35. The number of nitrogens with zero attached hydrogens (tertiary/aromatic N) is 3. The summed E-state index contributed by atoms with van der Waals surface area (Å²) in [7, 11) is 0. The number of aliphatic imine (C=N–C) groups is 1. The van der Waals surface area contributed by atoms with E-state index in [1.807, 2.05) is 36.4 Å². The summed E-state index contributed by atoms with van der Waals surface area (Å²) in [4.78, 5) is 36.3. The van der Waals surface area contributed by atoms with Crippen molar-refractivity contribution in [2.75, 3.05) is 5.32 Å². The molecule has 0 spiro atoms. The molecule has 0 radical (unpaired) electrons. The van der Waals surface area contributed by atoms with Crippen LogP contribution >= 0.6 is 0 Å². The summed E-state index contributed by atoms with van der Waals surface area (Å²) in [5.74, 6) is -0.165. The highest BCUT2D eigenvalue weighted by Crippen LogP contribution is 2.34. The van der Waals surface area contributed by atoms with Crippen LogP contribution in [0, 0.1) is 5.41 Å². The summed E-state index contributed by atoms with van der Waals surface area (Å²) in [6, 6.07) is 10.4. The van der Waals surface area contributed by atoms with Gasteiger partial charge < -0.3 is 10.4 Å². The maximum Gasteiger partial charge on any atom is 0.328 e. The van der Waals surface area contributed by atoms with Crippen molar-refractivity contribution in [3.63, 3.8) is 0 Å². The molecule has 0 amide bonds. The zero-order valence-electron chi connectivity index (χ0n) is 16.8. The van der Waals surface area contributed by atoms with Crippen LogP contribution in [0.4, 0.5) is 11.5 Å². The fourth-order valence-corrected chi connectivity index (χ4v) is 3.43. The van der Waals surface area contributed by atoms with Crippen LogP contribution in [0.5, 0.6) is 0 Å². The number of pyridine rings is 2. The molecule has 1 aromatic carbocycles. The number of aliphatic carboxylic acids is 1. The Morgan fingerprint density at radius 1 is 1.20 bits per heavy atom. The van der Waals surface area contributed by atoms with Crippen molar-refractivity contribution in [1.82, 2.24) is 9.97 Å². The van der Waals surface area contributed by atoms with E-state index >= 15 is 0 Å². The number of fused-ring (bicyclic) bond motifs is 1. The first-order valence-electron chi connectivity index (χ1n) is 9.72. The molecule has 0 bridgehead atoms. The molecule has 2 heterocycles. The average molecular weight is 402 g/mol. The minimum Gasteiger partial charge on any atom is -0.480 e. The molecular formula is C23H22N4O3. The Kier molecular flexibility index (Phi) is 5.03. The van der Waals surface area contributed by atoms with Gasteiger partial charge in [-0.05, 0) is 43.7 Å². The molecular weight excluding hydrogens is 380 g/mol. The van der Waals surface area contributed by atoms with Crippen LogP contribution in [0.3, 0.4) is 0 Å². The lowest BCUT2D eigenvalue weighted by Crippen LogP contribution is -2.47. The number of carbonyl (C=O) groups is 2. The molecule has 2 N–H and O–H groups in total. The van der Waals surface area contributed by atoms with Crippen molar-refractivity contribution in [2.45, 2.75) is 32.7 Å². The van der Waals surface area contributed by atoms with Crippen molar-refractivity contribution in [3.8, 4) is 0 Å². The molecule has 7 nitrogen and oxygen atoms in total. The zero-order valence-corrected chi connectivity index (χ0v) is 16.8. The van der Waals surface area contributed by atoms with Crippen molar-refractivity contribution in [1.29, 1.82) is 0 Å². The van der Waals surface area contributed by atoms with Gasteiger partial charge in [0.15, 0.2) is 6.04 Å². The van der Waals surface area contributed by atoms with Crippen LogP contribution in [0.1, 0.15) is 25.8 Å². The molecule has 152 valence electrons. The van der Waals surface area contributed by atoms with Crippen LogP contribution in [0.2, 0.25) is 0 Å². The molecule has 0 saturated heterocycles. The molecule has 0 unspecified atom stereocenters. The van der Waals surface area contributed by atoms with Crippen LogP contribution in [0.25, 0.3) is 10.8 Å². The highest BCUT2D eigenvalue weighted by molar-refractivity contribution is 6.26. The predicted molar refractivity (Wildman–Crippen MR) is 115 cm³/mol. The third kappa shape index (κ3) is 3.78. The molecule has 3 aromatic rings. The number of ketones is 1. The largest absolute Gasteiger partial charge is 0.480 e. The molecule has 1 saturated carbocycles. The van der Waals surface area contributed by atoms with Gasteiger partial charge in [-0.2, -0.15) is 0 Å². The summed E-state index contributed by atoms with van der Waals surface area (Å²) in [5, 5.41) is 14.8. The second-order valence-electron chi connectivity index (χ2n) is 7.94. The molecule has 1 aliphatic carbocycles. The first-order valence-corrected chi connectivity index (χ1v) is 9.72. The van der Waals surface area contributed by atoms with Crippen LogP contribution < -0.4 is 5.32 Å². The highest BCUT2D eigenvalue weighted by Gasteiger charge is 2.44. The van der Waals surface area contributed by atoms with Crippen molar-refractivity contribution >= 4 is 39.7 Å². The summed E-state index contributed by atoms with van der Waals surface area (Å²) in [6.45, 7) is 3.57. The normalized spacial score (nSPS) is 17.5. The van der Waals surface area contributed by atoms with Gasteiger partial charge in [0.05, 0.1) is 5.41 Å². The van der Waals surface area contributed by atoms with E-state index in [2.05, 4.69) is 20.3 Å². The van der Waals surface area contributed by atoms with E-state index in [4.69, 9.17) is 0 Å². The first kappa shape index (κ1) is 19.7. The van der Waals surface area contributed by atoms with E-state index in [0.717, 1.165) is 27.8 Å². The van der Waals surface area contributed by atoms with E-state index in [9.17, 15) is 14.7 Å². The van der Waals surface area contributed by atoms with Gasteiger partial charge >= 0.3 is 5.97 Å². The van der Waals surface area contributed by atoms with Gasteiger partial charge in [0.1, 0.15) is 11.6 Å². The van der Waals surface area contributed by atoms with Crippen molar-refractivity contribution in [3.05, 3.63) is 60.6 Å². The molecule has 1 atom stereocenters. The van der Waals surface area contributed by atoms with E-state index in [1.165, 1.54) is 0 Å². The Bertz CT molecular complexity index is 1150. The second-order valence-corrected chi connectivity index (χ2v) is 7.94. The lowest BCUT2D eigenvalue weighted by molar-refractivity contribution is -0.138. The molecule has 30 heavy (non-hydrogen) atoms. The highest BCUT2D eigenvalue weighted by atomic mass is 16.4. The van der Waals surface area contributed by atoms with Gasteiger partial charge in [-0.15, -0.1) is 0 Å². The minimum atomic E-state index is -0.992. The molecule has 0 aliphatic heterocycles. The number of hydrogen-bond acceptors (Lipinski definition) is 6. The number of rotatable bonds is 6. The number of hydrogen-bond donors (Lipinski definition) is 2. The number of nitrogens with one attached hydrogen (secondary N) is 1. The fourth-order valence-electron chi connectivity index (χ4n) is 3.43. The Labute approximate surface area is 173 Å². The maximum atomic E-state index is 11.7. The Morgan fingerprint density at radius 3 is 2.63 bits per heavy atom. The number of anilines is 2. The van der Waals surface area contributed by atoms with E-state index < -0.39 is 17.4 Å². The van der Waals surface area contributed by atoms with Crippen molar-refractivity contribution in [2.24, 2.45) is 10.4 Å². The number of carboxylic acids is 1. The summed E-state index contributed by atoms with van der Waals surface area (Å²) < 4.78 is 0. The predicted octanol–water partition coefficient (Wildman–Crippen LogP) is 3.81. The van der Waals surface area contributed by atoms with E-state index in [0.29, 0.717) is 5.71 Å². The monoisotopic (exact) mass is 402 g/mol.